The maximum Gasteiger partial charge on any atom is 0.494 e. The Bertz CT molecular complexity index is 791. The molecule has 2 aromatic carbocycles. The molecule has 1 amide bonds. The van der Waals surface area contributed by atoms with E-state index in [1.165, 1.54) is 12.1 Å². The Morgan fingerprint density at radius 2 is 1.64 bits per heavy atom. The van der Waals surface area contributed by atoms with Crippen molar-refractivity contribution in [3.8, 4) is 0 Å². The van der Waals surface area contributed by atoms with E-state index < -0.39 is 24.1 Å². The van der Waals surface area contributed by atoms with E-state index in [0.717, 1.165) is 5.46 Å². The largest absolute Gasteiger partial charge is 0.494 e. The van der Waals surface area contributed by atoms with Crippen LogP contribution in [0.2, 0.25) is 0 Å². The first-order valence-corrected chi connectivity index (χ1v) is 8.20. The van der Waals surface area contributed by atoms with Crippen molar-refractivity contribution in [2.75, 3.05) is 5.32 Å². The molecule has 0 aliphatic carbocycles. The van der Waals surface area contributed by atoms with E-state index in [0.29, 0.717) is 11.3 Å². The van der Waals surface area contributed by atoms with E-state index in [-0.39, 0.29) is 5.91 Å². The number of carbonyl (C=O) groups is 1. The minimum Gasteiger partial charge on any atom is -0.399 e. The van der Waals surface area contributed by atoms with Crippen molar-refractivity contribution >= 4 is 24.2 Å². The lowest BCUT2D eigenvalue weighted by Crippen LogP contribution is -2.41. The molecule has 0 unspecified atom stereocenters. The molecule has 1 N–H and O–H groups in total. The fraction of sp³-hybridized carbons (Fsp3) is 0.316. The van der Waals surface area contributed by atoms with Gasteiger partial charge >= 0.3 is 7.12 Å². The quantitative estimate of drug-likeness (QED) is 0.871. The molecule has 1 heterocycles. The highest BCUT2D eigenvalue weighted by Gasteiger charge is 2.51. The summed E-state index contributed by atoms with van der Waals surface area (Å²) in [6, 6.07) is 12.9. The van der Waals surface area contributed by atoms with Crippen LogP contribution in [0.5, 0.6) is 0 Å². The molecule has 1 aliphatic heterocycles. The monoisotopic (exact) mass is 341 g/mol. The molecular weight excluding hydrogens is 320 g/mol. The molecule has 1 fully saturated rings. The van der Waals surface area contributed by atoms with Crippen LogP contribution < -0.4 is 10.8 Å². The molecule has 1 saturated heterocycles. The predicted octanol–water partition coefficient (Wildman–Crippen LogP) is 3.38. The fourth-order valence-electron chi connectivity index (χ4n) is 2.58. The maximum atomic E-state index is 13.2. The molecule has 0 bridgehead atoms. The molecule has 0 atom stereocenters. The number of anilines is 1. The van der Waals surface area contributed by atoms with Gasteiger partial charge in [-0.05, 0) is 63.5 Å². The minimum absolute atomic E-state index is 0.316. The van der Waals surface area contributed by atoms with Gasteiger partial charge in [-0.1, -0.05) is 18.2 Å². The number of hydrogen-bond acceptors (Lipinski definition) is 3. The van der Waals surface area contributed by atoms with Gasteiger partial charge in [0.1, 0.15) is 5.82 Å². The summed E-state index contributed by atoms with van der Waals surface area (Å²) in [6.45, 7) is 7.92. The van der Waals surface area contributed by atoms with Crippen LogP contribution in [-0.2, 0) is 9.31 Å². The second kappa shape index (κ2) is 6.28. The number of halogens is 1. The standard InChI is InChI=1S/C19H21BFNO3/c1-18(2)19(3,4)25-20(24-18)14-8-5-7-13(11-14)17(23)22-16-10-6-9-15(21)12-16/h5-12H,1-4H3,(H,22,23). The number of hydrogen-bond donors (Lipinski definition) is 1. The number of amides is 1. The van der Waals surface area contributed by atoms with Crippen molar-refractivity contribution < 1.29 is 18.5 Å². The van der Waals surface area contributed by atoms with Crippen LogP contribution in [0.4, 0.5) is 10.1 Å². The molecule has 0 radical (unpaired) electrons. The van der Waals surface area contributed by atoms with Crippen LogP contribution in [0.3, 0.4) is 0 Å². The summed E-state index contributed by atoms with van der Waals surface area (Å²) < 4.78 is 25.3. The minimum atomic E-state index is -0.535. The summed E-state index contributed by atoms with van der Waals surface area (Å²) in [5, 5.41) is 2.69. The lowest BCUT2D eigenvalue weighted by molar-refractivity contribution is 0.00578. The third-order valence-electron chi connectivity index (χ3n) is 4.76. The van der Waals surface area contributed by atoms with Gasteiger partial charge in [0.15, 0.2) is 0 Å². The fourth-order valence-corrected chi connectivity index (χ4v) is 2.58. The summed E-state index contributed by atoms with van der Waals surface area (Å²) in [7, 11) is -0.535. The summed E-state index contributed by atoms with van der Waals surface area (Å²) >= 11 is 0. The molecule has 0 saturated carbocycles. The van der Waals surface area contributed by atoms with Gasteiger partial charge in [-0.2, -0.15) is 0 Å². The van der Waals surface area contributed by atoms with Crippen molar-refractivity contribution in [3.05, 3.63) is 59.9 Å². The second-order valence-electron chi connectivity index (χ2n) is 7.18. The molecule has 2 aromatic rings. The molecule has 4 nitrogen and oxygen atoms in total. The van der Waals surface area contributed by atoms with Gasteiger partial charge in [0, 0.05) is 11.3 Å². The molecule has 3 rings (SSSR count). The van der Waals surface area contributed by atoms with Crippen LogP contribution in [0.1, 0.15) is 38.1 Å². The molecule has 0 spiro atoms. The van der Waals surface area contributed by atoms with Crippen LogP contribution in [-0.4, -0.2) is 24.2 Å². The van der Waals surface area contributed by atoms with Crippen molar-refractivity contribution in [2.45, 2.75) is 38.9 Å². The maximum absolute atomic E-state index is 13.2. The molecule has 130 valence electrons. The second-order valence-corrected chi connectivity index (χ2v) is 7.18. The van der Waals surface area contributed by atoms with Gasteiger partial charge in [0.2, 0.25) is 0 Å². The molecular formula is C19H21BFNO3. The Kier molecular flexibility index (Phi) is 4.43. The van der Waals surface area contributed by atoms with Gasteiger partial charge in [-0.25, -0.2) is 4.39 Å². The summed E-state index contributed by atoms with van der Waals surface area (Å²) in [5.74, 6) is -0.715. The average molecular weight is 341 g/mol. The highest BCUT2D eigenvalue weighted by atomic mass is 19.1. The van der Waals surface area contributed by atoms with Crippen LogP contribution in [0, 0.1) is 5.82 Å². The Labute approximate surface area is 147 Å². The van der Waals surface area contributed by atoms with Crippen LogP contribution >= 0.6 is 0 Å². The first-order valence-electron chi connectivity index (χ1n) is 8.20. The summed E-state index contributed by atoms with van der Waals surface area (Å²) in [5.41, 5.74) is 0.739. The molecule has 0 aromatic heterocycles. The zero-order chi connectivity index (χ0) is 18.2. The normalized spacial score (nSPS) is 18.2. The number of carbonyl (C=O) groups excluding carboxylic acids is 1. The first-order chi connectivity index (χ1) is 11.7. The molecule has 6 heteroatoms. The van der Waals surface area contributed by atoms with E-state index in [9.17, 15) is 9.18 Å². The topological polar surface area (TPSA) is 47.6 Å². The SMILES string of the molecule is CC1(C)OB(c2cccc(C(=O)Nc3cccc(F)c3)c2)OC1(C)C. The van der Waals surface area contributed by atoms with E-state index in [1.54, 1.807) is 30.3 Å². The van der Waals surface area contributed by atoms with Crippen LogP contribution in [0.25, 0.3) is 0 Å². The Morgan fingerprint density at radius 1 is 1.00 bits per heavy atom. The van der Waals surface area contributed by atoms with Gasteiger partial charge in [0.05, 0.1) is 11.2 Å². The van der Waals surface area contributed by atoms with Gasteiger partial charge < -0.3 is 14.6 Å². The number of nitrogens with one attached hydrogen (secondary N) is 1. The smallest absolute Gasteiger partial charge is 0.399 e. The number of benzene rings is 2. The van der Waals surface area contributed by atoms with E-state index in [1.807, 2.05) is 33.8 Å². The number of rotatable bonds is 3. The van der Waals surface area contributed by atoms with Crippen molar-refractivity contribution in [2.24, 2.45) is 0 Å². The Hall–Kier alpha value is -2.18. The highest BCUT2D eigenvalue weighted by molar-refractivity contribution is 6.62. The highest BCUT2D eigenvalue weighted by Crippen LogP contribution is 2.36. The van der Waals surface area contributed by atoms with Crippen LogP contribution in [0.15, 0.2) is 48.5 Å². The van der Waals surface area contributed by atoms with E-state index in [4.69, 9.17) is 9.31 Å². The van der Waals surface area contributed by atoms with Gasteiger partial charge in [0.25, 0.3) is 5.91 Å². The van der Waals surface area contributed by atoms with E-state index in [2.05, 4.69) is 5.32 Å². The Morgan fingerprint density at radius 3 is 2.28 bits per heavy atom. The van der Waals surface area contributed by atoms with Crippen molar-refractivity contribution in [3.63, 3.8) is 0 Å². The average Bonchev–Trinajstić information content (AvgIpc) is 2.76. The third-order valence-corrected chi connectivity index (χ3v) is 4.76. The van der Waals surface area contributed by atoms with Crippen molar-refractivity contribution in [1.29, 1.82) is 0 Å². The molecule has 25 heavy (non-hydrogen) atoms. The van der Waals surface area contributed by atoms with Crippen molar-refractivity contribution in [1.82, 2.24) is 0 Å². The van der Waals surface area contributed by atoms with E-state index >= 15 is 0 Å². The molecule has 1 aliphatic rings. The Balaban J connectivity index is 1.79. The van der Waals surface area contributed by atoms with Gasteiger partial charge in [-0.15, -0.1) is 0 Å². The first kappa shape index (κ1) is 17.6. The lowest BCUT2D eigenvalue weighted by atomic mass is 9.78. The lowest BCUT2D eigenvalue weighted by Gasteiger charge is -2.32. The zero-order valence-electron chi connectivity index (χ0n) is 14.8. The van der Waals surface area contributed by atoms with Gasteiger partial charge in [-0.3, -0.25) is 4.79 Å². The zero-order valence-corrected chi connectivity index (χ0v) is 14.8. The third kappa shape index (κ3) is 3.60. The summed E-state index contributed by atoms with van der Waals surface area (Å²) in [4.78, 5) is 12.4. The summed E-state index contributed by atoms with van der Waals surface area (Å²) in [6.07, 6.45) is 0. The predicted molar refractivity (Wildman–Crippen MR) is 96.5 cm³/mol.